The highest BCUT2D eigenvalue weighted by Crippen LogP contribution is 2.03. The molecule has 2 aromatic heterocycles. The minimum Gasteiger partial charge on any atom is -0.264 e. The first kappa shape index (κ1) is 9.63. The molecule has 0 aliphatic heterocycles. The predicted octanol–water partition coefficient (Wildman–Crippen LogP) is 1.15. The number of hydrogen-bond donors (Lipinski definition) is 0. The number of aromatic nitrogens is 5. The fourth-order valence-corrected chi connectivity index (χ4v) is 1.69. The Morgan fingerprint density at radius 3 is 2.93 bits per heavy atom. The first-order valence-corrected chi connectivity index (χ1v) is 5.42. The molecule has 0 atom stereocenters. The molecule has 0 saturated carbocycles. The molecule has 2 rings (SSSR count). The fraction of sp³-hybridized carbons (Fsp3) is 0.375. The Labute approximate surface area is 95.3 Å². The van der Waals surface area contributed by atoms with Crippen LogP contribution in [-0.4, -0.2) is 24.5 Å². The summed E-state index contributed by atoms with van der Waals surface area (Å²) in [5, 5.41) is 8.29. The number of aryl methyl sites for hydroxylation is 1. The van der Waals surface area contributed by atoms with E-state index in [-0.39, 0.29) is 0 Å². The highest BCUT2D eigenvalue weighted by molar-refractivity contribution is 14.1. The molecule has 0 aliphatic rings. The second-order valence-electron chi connectivity index (χ2n) is 2.85. The molecule has 0 saturated heterocycles. The van der Waals surface area contributed by atoms with Crippen LogP contribution in [0, 0.1) is 3.57 Å². The highest BCUT2D eigenvalue weighted by Gasteiger charge is 2.03. The van der Waals surface area contributed by atoms with Crippen molar-refractivity contribution in [3.05, 3.63) is 28.1 Å². The van der Waals surface area contributed by atoms with E-state index in [1.807, 2.05) is 28.7 Å². The Morgan fingerprint density at radius 2 is 2.29 bits per heavy atom. The summed E-state index contributed by atoms with van der Waals surface area (Å²) in [5.74, 6) is 0.937. The maximum absolute atomic E-state index is 4.19. The third-order valence-corrected chi connectivity index (χ3v) is 2.46. The number of rotatable bonds is 3. The molecule has 0 N–H and O–H groups in total. The molecule has 2 heterocycles. The molecule has 0 fully saturated rings. The van der Waals surface area contributed by atoms with Crippen molar-refractivity contribution < 1.29 is 0 Å². The van der Waals surface area contributed by atoms with Crippen LogP contribution in [0.25, 0.3) is 0 Å². The van der Waals surface area contributed by atoms with Crippen molar-refractivity contribution in [1.82, 2.24) is 24.5 Å². The molecule has 74 valence electrons. The summed E-state index contributed by atoms with van der Waals surface area (Å²) >= 11 is 2.23. The van der Waals surface area contributed by atoms with E-state index in [2.05, 4.69) is 37.8 Å². The average Bonchev–Trinajstić information content (AvgIpc) is 2.76. The van der Waals surface area contributed by atoms with Crippen LogP contribution in [0.1, 0.15) is 12.7 Å². The standard InChI is InChI=1S/C8H10IN5/c1-2-14-8(10-6-12-14)5-13-4-7(9)3-11-13/h3-4,6H,2,5H2,1H3. The monoisotopic (exact) mass is 303 g/mol. The summed E-state index contributed by atoms with van der Waals surface area (Å²) in [6.45, 7) is 3.57. The van der Waals surface area contributed by atoms with Gasteiger partial charge in [-0.25, -0.2) is 9.67 Å². The van der Waals surface area contributed by atoms with Gasteiger partial charge in [0.1, 0.15) is 18.7 Å². The molecule has 0 spiro atoms. The molecule has 0 aliphatic carbocycles. The van der Waals surface area contributed by atoms with Gasteiger partial charge in [-0.15, -0.1) is 0 Å². The largest absolute Gasteiger partial charge is 0.264 e. The molecule has 5 nitrogen and oxygen atoms in total. The van der Waals surface area contributed by atoms with Gasteiger partial charge in [0.2, 0.25) is 0 Å². The Bertz CT molecular complexity index is 419. The average molecular weight is 303 g/mol. The zero-order chi connectivity index (χ0) is 9.97. The van der Waals surface area contributed by atoms with E-state index in [9.17, 15) is 0 Å². The Balaban J connectivity index is 2.18. The van der Waals surface area contributed by atoms with Crippen LogP contribution < -0.4 is 0 Å². The van der Waals surface area contributed by atoms with Gasteiger partial charge in [-0.1, -0.05) is 0 Å². The smallest absolute Gasteiger partial charge is 0.148 e. The Hall–Kier alpha value is -0.920. The first-order chi connectivity index (χ1) is 6.79. The van der Waals surface area contributed by atoms with Gasteiger partial charge in [-0.2, -0.15) is 10.2 Å². The second-order valence-corrected chi connectivity index (χ2v) is 4.09. The van der Waals surface area contributed by atoms with Gasteiger partial charge in [-0.05, 0) is 29.5 Å². The molecular weight excluding hydrogens is 293 g/mol. The lowest BCUT2D eigenvalue weighted by Crippen LogP contribution is -2.09. The maximum Gasteiger partial charge on any atom is 0.148 e. The summed E-state index contributed by atoms with van der Waals surface area (Å²) in [7, 11) is 0. The minimum absolute atomic E-state index is 0.677. The maximum atomic E-state index is 4.19. The van der Waals surface area contributed by atoms with Crippen molar-refractivity contribution in [2.45, 2.75) is 20.0 Å². The van der Waals surface area contributed by atoms with Crippen LogP contribution in [0.4, 0.5) is 0 Å². The lowest BCUT2D eigenvalue weighted by atomic mass is 10.5. The summed E-state index contributed by atoms with van der Waals surface area (Å²) in [6, 6.07) is 0. The van der Waals surface area contributed by atoms with Crippen LogP contribution in [-0.2, 0) is 13.1 Å². The van der Waals surface area contributed by atoms with E-state index < -0.39 is 0 Å². The predicted molar refractivity (Wildman–Crippen MR) is 59.7 cm³/mol. The topological polar surface area (TPSA) is 48.5 Å². The Kier molecular flexibility index (Phi) is 2.80. The van der Waals surface area contributed by atoms with Crippen molar-refractivity contribution in [2.75, 3.05) is 0 Å². The van der Waals surface area contributed by atoms with E-state index >= 15 is 0 Å². The van der Waals surface area contributed by atoms with Crippen LogP contribution in [0.3, 0.4) is 0 Å². The minimum atomic E-state index is 0.677. The third kappa shape index (κ3) is 1.94. The molecule has 6 heteroatoms. The van der Waals surface area contributed by atoms with E-state index in [1.54, 1.807) is 6.33 Å². The van der Waals surface area contributed by atoms with E-state index in [0.717, 1.165) is 15.9 Å². The van der Waals surface area contributed by atoms with Crippen LogP contribution in [0.2, 0.25) is 0 Å². The number of halogens is 1. The summed E-state index contributed by atoms with van der Waals surface area (Å²) in [5.41, 5.74) is 0. The third-order valence-electron chi connectivity index (χ3n) is 1.90. The molecule has 14 heavy (non-hydrogen) atoms. The van der Waals surface area contributed by atoms with Gasteiger partial charge in [0.25, 0.3) is 0 Å². The van der Waals surface area contributed by atoms with Crippen molar-refractivity contribution in [3.8, 4) is 0 Å². The van der Waals surface area contributed by atoms with Gasteiger partial charge >= 0.3 is 0 Å². The second kappa shape index (κ2) is 4.07. The highest BCUT2D eigenvalue weighted by atomic mass is 127. The van der Waals surface area contributed by atoms with E-state index in [1.165, 1.54) is 0 Å². The SMILES string of the molecule is CCn1ncnc1Cn1cc(I)cn1. The lowest BCUT2D eigenvalue weighted by Gasteiger charge is -2.02. The van der Waals surface area contributed by atoms with Gasteiger partial charge in [0.05, 0.1) is 9.77 Å². The fourth-order valence-electron chi connectivity index (χ4n) is 1.24. The summed E-state index contributed by atoms with van der Waals surface area (Å²) < 4.78 is 4.86. The molecule has 2 aromatic rings. The molecule has 0 aromatic carbocycles. The zero-order valence-electron chi connectivity index (χ0n) is 7.76. The zero-order valence-corrected chi connectivity index (χ0v) is 9.92. The van der Waals surface area contributed by atoms with Gasteiger partial charge < -0.3 is 0 Å². The van der Waals surface area contributed by atoms with Crippen molar-refractivity contribution >= 4 is 22.6 Å². The van der Waals surface area contributed by atoms with Crippen LogP contribution in [0.5, 0.6) is 0 Å². The molecule has 0 bridgehead atoms. The molecule has 0 amide bonds. The number of nitrogens with zero attached hydrogens (tertiary/aromatic N) is 5. The van der Waals surface area contributed by atoms with Gasteiger partial charge in [0.15, 0.2) is 0 Å². The van der Waals surface area contributed by atoms with Gasteiger partial charge in [-0.3, -0.25) is 4.68 Å². The summed E-state index contributed by atoms with van der Waals surface area (Å²) in [4.78, 5) is 4.18. The lowest BCUT2D eigenvalue weighted by molar-refractivity contribution is 0.568. The Morgan fingerprint density at radius 1 is 1.43 bits per heavy atom. The van der Waals surface area contributed by atoms with Crippen molar-refractivity contribution in [1.29, 1.82) is 0 Å². The van der Waals surface area contributed by atoms with Crippen molar-refractivity contribution in [3.63, 3.8) is 0 Å². The first-order valence-electron chi connectivity index (χ1n) is 4.34. The van der Waals surface area contributed by atoms with Crippen LogP contribution >= 0.6 is 22.6 Å². The molecule has 0 radical (unpaired) electrons. The quantitative estimate of drug-likeness (QED) is 0.799. The number of hydrogen-bond acceptors (Lipinski definition) is 3. The van der Waals surface area contributed by atoms with Crippen molar-refractivity contribution in [2.24, 2.45) is 0 Å². The van der Waals surface area contributed by atoms with Gasteiger partial charge in [0, 0.05) is 12.7 Å². The normalized spacial score (nSPS) is 10.7. The van der Waals surface area contributed by atoms with Crippen LogP contribution in [0.15, 0.2) is 18.7 Å². The summed E-state index contributed by atoms with van der Waals surface area (Å²) in [6.07, 6.45) is 5.38. The molecule has 0 unspecified atom stereocenters. The molecular formula is C8H10IN5. The van der Waals surface area contributed by atoms with E-state index in [4.69, 9.17) is 0 Å². The van der Waals surface area contributed by atoms with E-state index in [0.29, 0.717) is 6.54 Å².